The van der Waals surface area contributed by atoms with E-state index in [0.717, 1.165) is 0 Å². The molecule has 0 fully saturated rings. The molecule has 0 radical (unpaired) electrons. The highest BCUT2D eigenvalue weighted by Crippen LogP contribution is 2.25. The summed E-state index contributed by atoms with van der Waals surface area (Å²) in [5.74, 6) is 0. The topological polar surface area (TPSA) is 57.9 Å². The number of nitriles is 1. The molecule has 0 amide bonds. The van der Waals surface area contributed by atoms with Gasteiger partial charge in [0.05, 0.1) is 26.8 Å². The predicted octanol–water partition coefficient (Wildman–Crippen LogP) is 2.39. The van der Waals surface area contributed by atoms with Gasteiger partial charge in [-0.3, -0.25) is 0 Å². The number of hydrogen-bond donors (Lipinski definition) is 0. The van der Waals surface area contributed by atoms with Crippen LogP contribution in [0, 0.1) is 11.3 Å². The van der Waals surface area contributed by atoms with Crippen molar-refractivity contribution in [2.75, 3.05) is 0 Å². The highest BCUT2D eigenvalue weighted by atomic mass is 35.5. The molecule has 0 saturated heterocycles. The van der Waals surface area contributed by atoms with Gasteiger partial charge in [0.2, 0.25) is 0 Å². The maximum Gasteiger partial charge on any atom is 0.182 e. The molecule has 0 saturated carbocycles. The van der Waals surface area contributed by atoms with Crippen LogP contribution >= 0.6 is 11.6 Å². The second kappa shape index (κ2) is 4.21. The standard InChI is InChI=1S/C10H10ClNO2S/c1-7(2)15(13,14)10-4-3-8(6-12)5-9(10)11/h3-5,7H,1-2H3. The Balaban J connectivity index is 3.37. The summed E-state index contributed by atoms with van der Waals surface area (Å²) in [6.45, 7) is 3.17. The monoisotopic (exact) mass is 243 g/mol. The maximum absolute atomic E-state index is 11.8. The summed E-state index contributed by atoms with van der Waals surface area (Å²) in [6, 6.07) is 6.07. The minimum atomic E-state index is -3.37. The third-order valence-corrected chi connectivity index (χ3v) is 4.62. The molecule has 15 heavy (non-hydrogen) atoms. The minimum absolute atomic E-state index is 0.0816. The molecule has 0 spiro atoms. The van der Waals surface area contributed by atoms with Gasteiger partial charge < -0.3 is 0 Å². The van der Waals surface area contributed by atoms with E-state index in [4.69, 9.17) is 16.9 Å². The van der Waals surface area contributed by atoms with Crippen LogP contribution in [0.1, 0.15) is 19.4 Å². The Morgan fingerprint density at radius 1 is 1.40 bits per heavy atom. The van der Waals surface area contributed by atoms with Gasteiger partial charge in [0, 0.05) is 0 Å². The van der Waals surface area contributed by atoms with Crippen molar-refractivity contribution in [3.05, 3.63) is 28.8 Å². The Bertz CT molecular complexity index is 515. The lowest BCUT2D eigenvalue weighted by atomic mass is 10.2. The van der Waals surface area contributed by atoms with Crippen molar-refractivity contribution in [3.8, 4) is 6.07 Å². The first-order valence-corrected chi connectivity index (χ1v) is 6.25. The molecular formula is C10H10ClNO2S. The van der Waals surface area contributed by atoms with Crippen LogP contribution in [0.5, 0.6) is 0 Å². The lowest BCUT2D eigenvalue weighted by Gasteiger charge is -2.09. The van der Waals surface area contributed by atoms with Crippen molar-refractivity contribution in [2.24, 2.45) is 0 Å². The second-order valence-electron chi connectivity index (χ2n) is 3.35. The van der Waals surface area contributed by atoms with Crippen molar-refractivity contribution in [1.82, 2.24) is 0 Å². The molecule has 1 aromatic rings. The van der Waals surface area contributed by atoms with Gasteiger partial charge in [-0.25, -0.2) is 8.42 Å². The Morgan fingerprint density at radius 3 is 2.40 bits per heavy atom. The Morgan fingerprint density at radius 2 is 2.00 bits per heavy atom. The number of halogens is 1. The van der Waals surface area contributed by atoms with Crippen molar-refractivity contribution >= 4 is 21.4 Å². The normalized spacial score (nSPS) is 11.4. The zero-order valence-electron chi connectivity index (χ0n) is 8.36. The van der Waals surface area contributed by atoms with Crippen molar-refractivity contribution in [2.45, 2.75) is 24.0 Å². The van der Waals surface area contributed by atoms with E-state index in [1.54, 1.807) is 13.8 Å². The summed E-state index contributed by atoms with van der Waals surface area (Å²) >= 11 is 5.81. The molecule has 0 aromatic heterocycles. The van der Waals surface area contributed by atoms with Gasteiger partial charge in [0.15, 0.2) is 9.84 Å². The first-order chi connectivity index (χ1) is 6.89. The fraction of sp³-hybridized carbons (Fsp3) is 0.300. The van der Waals surface area contributed by atoms with Gasteiger partial charge >= 0.3 is 0 Å². The van der Waals surface area contributed by atoms with Gasteiger partial charge in [-0.05, 0) is 32.0 Å². The smallest absolute Gasteiger partial charge is 0.182 e. The van der Waals surface area contributed by atoms with Crippen LogP contribution in [0.15, 0.2) is 23.1 Å². The molecule has 0 bridgehead atoms. The van der Waals surface area contributed by atoms with Crippen molar-refractivity contribution in [3.63, 3.8) is 0 Å². The predicted molar refractivity (Wildman–Crippen MR) is 58.5 cm³/mol. The Hall–Kier alpha value is -1.05. The van der Waals surface area contributed by atoms with E-state index in [2.05, 4.69) is 0 Å². The molecule has 0 heterocycles. The van der Waals surface area contributed by atoms with E-state index in [9.17, 15) is 8.42 Å². The molecule has 0 aliphatic heterocycles. The van der Waals surface area contributed by atoms with Crippen molar-refractivity contribution in [1.29, 1.82) is 5.26 Å². The highest BCUT2D eigenvalue weighted by molar-refractivity contribution is 7.92. The van der Waals surface area contributed by atoms with Gasteiger partial charge in [-0.1, -0.05) is 11.6 Å². The summed E-state index contributed by atoms with van der Waals surface area (Å²) in [5, 5.41) is 8.18. The molecule has 0 aliphatic carbocycles. The lowest BCUT2D eigenvalue weighted by Crippen LogP contribution is -2.14. The van der Waals surface area contributed by atoms with E-state index in [-0.39, 0.29) is 9.92 Å². The molecule has 1 aromatic carbocycles. The molecule has 0 N–H and O–H groups in total. The molecular weight excluding hydrogens is 234 g/mol. The zero-order valence-corrected chi connectivity index (χ0v) is 9.93. The van der Waals surface area contributed by atoms with Crippen LogP contribution in [0.2, 0.25) is 5.02 Å². The van der Waals surface area contributed by atoms with Crippen LogP contribution in [-0.2, 0) is 9.84 Å². The molecule has 0 unspecified atom stereocenters. The first-order valence-electron chi connectivity index (χ1n) is 4.33. The van der Waals surface area contributed by atoms with E-state index >= 15 is 0 Å². The van der Waals surface area contributed by atoms with Crippen LogP contribution in [0.3, 0.4) is 0 Å². The van der Waals surface area contributed by atoms with E-state index in [0.29, 0.717) is 5.56 Å². The summed E-state index contributed by atoms with van der Waals surface area (Å²) < 4.78 is 23.6. The van der Waals surface area contributed by atoms with E-state index < -0.39 is 15.1 Å². The van der Waals surface area contributed by atoms with E-state index in [1.165, 1.54) is 18.2 Å². The van der Waals surface area contributed by atoms with E-state index in [1.807, 2.05) is 6.07 Å². The number of hydrogen-bond acceptors (Lipinski definition) is 3. The molecule has 5 heteroatoms. The lowest BCUT2D eigenvalue weighted by molar-refractivity contribution is 0.587. The van der Waals surface area contributed by atoms with Crippen molar-refractivity contribution < 1.29 is 8.42 Å². The summed E-state index contributed by atoms with van der Waals surface area (Å²) in [5.41, 5.74) is 0.350. The zero-order chi connectivity index (χ0) is 11.6. The average Bonchev–Trinajstić information content (AvgIpc) is 2.16. The molecule has 1 rings (SSSR count). The number of sulfone groups is 1. The first kappa shape index (κ1) is 12.0. The maximum atomic E-state index is 11.8. The fourth-order valence-electron chi connectivity index (χ4n) is 1.06. The summed E-state index contributed by atoms with van der Waals surface area (Å²) in [4.78, 5) is 0.0816. The van der Waals surface area contributed by atoms with Crippen LogP contribution in [0.25, 0.3) is 0 Å². The third-order valence-electron chi connectivity index (χ3n) is 1.99. The van der Waals surface area contributed by atoms with Crippen LogP contribution in [-0.4, -0.2) is 13.7 Å². The number of benzene rings is 1. The quantitative estimate of drug-likeness (QED) is 0.801. The highest BCUT2D eigenvalue weighted by Gasteiger charge is 2.22. The largest absolute Gasteiger partial charge is 0.223 e. The third kappa shape index (κ3) is 2.31. The molecule has 0 aliphatic rings. The minimum Gasteiger partial charge on any atom is -0.223 e. The molecule has 80 valence electrons. The number of nitrogens with zero attached hydrogens (tertiary/aromatic N) is 1. The average molecular weight is 244 g/mol. The SMILES string of the molecule is CC(C)S(=O)(=O)c1ccc(C#N)cc1Cl. The van der Waals surface area contributed by atoms with Gasteiger partial charge in [0.25, 0.3) is 0 Å². The second-order valence-corrected chi connectivity index (χ2v) is 6.23. The van der Waals surface area contributed by atoms with Gasteiger partial charge in [-0.15, -0.1) is 0 Å². The molecule has 0 atom stereocenters. The fourth-order valence-corrected chi connectivity index (χ4v) is 2.65. The Labute approximate surface area is 94.2 Å². The number of rotatable bonds is 2. The van der Waals surface area contributed by atoms with Crippen LogP contribution < -0.4 is 0 Å². The summed E-state index contributed by atoms with van der Waals surface area (Å²) in [6.07, 6.45) is 0. The Kier molecular flexibility index (Phi) is 3.38. The molecule has 3 nitrogen and oxygen atoms in total. The summed E-state index contributed by atoms with van der Waals surface area (Å²) in [7, 11) is -3.37. The van der Waals surface area contributed by atoms with Gasteiger partial charge in [0.1, 0.15) is 0 Å². The van der Waals surface area contributed by atoms with Gasteiger partial charge in [-0.2, -0.15) is 5.26 Å². The van der Waals surface area contributed by atoms with Crippen LogP contribution in [0.4, 0.5) is 0 Å².